The molecule has 1 unspecified atom stereocenters. The van der Waals surface area contributed by atoms with E-state index in [9.17, 15) is 0 Å². The van der Waals surface area contributed by atoms with Gasteiger partial charge in [0.15, 0.2) is 0 Å². The van der Waals surface area contributed by atoms with Crippen molar-refractivity contribution >= 4 is 40.5 Å². The van der Waals surface area contributed by atoms with E-state index in [0.29, 0.717) is 0 Å². The van der Waals surface area contributed by atoms with Crippen LogP contribution in [0.2, 0.25) is 0 Å². The van der Waals surface area contributed by atoms with Gasteiger partial charge < -0.3 is 9.11 Å². The molecule has 11 heteroatoms. The van der Waals surface area contributed by atoms with Crippen LogP contribution in [0.5, 0.6) is 0 Å². The van der Waals surface area contributed by atoms with Gasteiger partial charge in [-0.1, -0.05) is 0 Å². The van der Waals surface area contributed by atoms with E-state index in [1.807, 2.05) is 0 Å². The van der Waals surface area contributed by atoms with Gasteiger partial charge in [0.2, 0.25) is 0 Å². The fraction of sp³-hybridized carbons (Fsp3) is 0. The standard InChI is InChI=1S/K.2H2O3S2/c;2*1-5(2,3)4/h;2*(H2,1,2,3,4)/q+1;;/p-1. The fourth-order valence-electron chi connectivity index (χ4n) is 0. The quantitative estimate of drug-likeness (QED) is 0.380. The molecule has 64 valence electrons. The summed E-state index contributed by atoms with van der Waals surface area (Å²) in [5, 5.41) is 0. The Morgan fingerprint density at radius 1 is 1.09 bits per heavy atom. The molecule has 0 aliphatic rings. The molecule has 0 bridgehead atoms. The SMILES string of the molecule is O=S(O)(O)=S.O=S([O-])(O)=S.[K+]. The molecule has 0 saturated heterocycles. The summed E-state index contributed by atoms with van der Waals surface area (Å²) in [5.74, 6) is 0. The molecule has 0 aliphatic carbocycles. The second-order valence-corrected chi connectivity index (χ2v) is 5.19. The van der Waals surface area contributed by atoms with Crippen molar-refractivity contribution in [2.24, 2.45) is 0 Å². The first-order valence-electron chi connectivity index (χ1n) is 1.38. The molecule has 0 aromatic carbocycles. The van der Waals surface area contributed by atoms with E-state index in [1.165, 1.54) is 0 Å². The zero-order valence-corrected chi connectivity index (χ0v) is 11.6. The number of rotatable bonds is 0. The smallest absolute Gasteiger partial charge is 0.748 e. The average molecular weight is 266 g/mol. The van der Waals surface area contributed by atoms with Gasteiger partial charge in [-0.15, -0.1) is 0 Å². The molecule has 0 amide bonds. The summed E-state index contributed by atoms with van der Waals surface area (Å²) in [6, 6.07) is 0. The molecule has 0 aromatic heterocycles. The van der Waals surface area contributed by atoms with Crippen LogP contribution in [-0.4, -0.2) is 26.6 Å². The normalized spacial score (nSPS) is 14.9. The monoisotopic (exact) mass is 266 g/mol. The van der Waals surface area contributed by atoms with Crippen molar-refractivity contribution in [2.75, 3.05) is 0 Å². The van der Waals surface area contributed by atoms with Crippen LogP contribution in [0, 0.1) is 0 Å². The van der Waals surface area contributed by atoms with Gasteiger partial charge >= 0.3 is 51.4 Å². The third-order valence-electron chi connectivity index (χ3n) is 0. The molecule has 0 rings (SSSR count). The van der Waals surface area contributed by atoms with Gasteiger partial charge in [-0.05, 0) is 11.2 Å². The second kappa shape index (κ2) is 7.60. The van der Waals surface area contributed by atoms with Crippen molar-refractivity contribution in [1.82, 2.24) is 0 Å². The molecule has 0 aromatic rings. The van der Waals surface area contributed by atoms with Crippen LogP contribution in [0.15, 0.2) is 0 Å². The van der Waals surface area contributed by atoms with E-state index in [2.05, 4.69) is 22.4 Å². The average Bonchev–Trinajstić information content (AvgIpc) is 1.12. The van der Waals surface area contributed by atoms with Crippen molar-refractivity contribution < 1.29 is 78.0 Å². The van der Waals surface area contributed by atoms with Crippen LogP contribution in [0.3, 0.4) is 0 Å². The molecule has 11 heavy (non-hydrogen) atoms. The van der Waals surface area contributed by atoms with Crippen molar-refractivity contribution in [3.63, 3.8) is 0 Å². The summed E-state index contributed by atoms with van der Waals surface area (Å²) in [7, 11) is -7.92. The van der Waals surface area contributed by atoms with Crippen molar-refractivity contribution in [2.45, 2.75) is 0 Å². The van der Waals surface area contributed by atoms with Crippen molar-refractivity contribution in [3.05, 3.63) is 0 Å². The minimum absolute atomic E-state index is 0. The van der Waals surface area contributed by atoms with Crippen LogP contribution in [0.1, 0.15) is 0 Å². The minimum atomic E-state index is -4.08. The molecule has 0 fully saturated rings. The van der Waals surface area contributed by atoms with Gasteiger partial charge in [-0.2, -0.15) is 4.21 Å². The molecule has 0 radical (unpaired) electrons. The van der Waals surface area contributed by atoms with E-state index in [-0.39, 0.29) is 51.4 Å². The number of hydrogen-bond donors (Lipinski definition) is 3. The van der Waals surface area contributed by atoms with Crippen molar-refractivity contribution in [1.29, 1.82) is 0 Å². The molecule has 0 saturated carbocycles. The second-order valence-electron chi connectivity index (χ2n) is 0.876. The Morgan fingerprint density at radius 3 is 1.09 bits per heavy atom. The van der Waals surface area contributed by atoms with Gasteiger partial charge in [0.25, 0.3) is 9.05 Å². The first-order valence-corrected chi connectivity index (χ1v) is 6.14. The topological polar surface area (TPSA) is 118 Å². The van der Waals surface area contributed by atoms with Gasteiger partial charge in [0.05, 0.1) is 9.05 Å². The van der Waals surface area contributed by atoms with E-state index in [0.717, 1.165) is 0 Å². The maximum atomic E-state index is 9.11. The largest absolute Gasteiger partial charge is 1.00 e. The summed E-state index contributed by atoms with van der Waals surface area (Å²) in [6.07, 6.45) is 0. The predicted octanol–water partition coefficient (Wildman–Crippen LogP) is -3.98. The van der Waals surface area contributed by atoms with Crippen LogP contribution in [0.4, 0.5) is 0 Å². The summed E-state index contributed by atoms with van der Waals surface area (Å²) < 4.78 is 49.3. The van der Waals surface area contributed by atoms with E-state index >= 15 is 0 Å². The molecular weight excluding hydrogens is 263 g/mol. The minimum Gasteiger partial charge on any atom is -0.748 e. The Bertz CT molecular complexity index is 211. The van der Waals surface area contributed by atoms with E-state index in [1.54, 1.807) is 0 Å². The molecule has 0 spiro atoms. The van der Waals surface area contributed by atoms with Gasteiger partial charge in [-0.25, -0.2) is 4.21 Å². The first kappa shape index (κ1) is 18.9. The fourth-order valence-corrected chi connectivity index (χ4v) is 0. The van der Waals surface area contributed by atoms with E-state index < -0.39 is 18.1 Å². The zero-order valence-electron chi connectivity index (χ0n) is 5.20. The third-order valence-corrected chi connectivity index (χ3v) is 0. The van der Waals surface area contributed by atoms with Crippen LogP contribution >= 0.6 is 0 Å². The van der Waals surface area contributed by atoms with E-state index in [4.69, 9.17) is 26.6 Å². The third kappa shape index (κ3) is 260. The predicted molar refractivity (Wildman–Crippen MR) is 39.7 cm³/mol. The maximum Gasteiger partial charge on any atom is 1.00 e. The Morgan fingerprint density at radius 2 is 1.09 bits per heavy atom. The molecular formula is H3KO6S4. The van der Waals surface area contributed by atoms with Gasteiger partial charge in [-0.3, -0.25) is 9.11 Å². The molecule has 0 heterocycles. The number of hydrogen-bond acceptors (Lipinski definition) is 5. The summed E-state index contributed by atoms with van der Waals surface area (Å²) in [4.78, 5) is 0. The van der Waals surface area contributed by atoms with Crippen LogP contribution in [-0.2, 0) is 40.5 Å². The molecule has 0 aliphatic heterocycles. The van der Waals surface area contributed by atoms with Gasteiger partial charge in [0.1, 0.15) is 0 Å². The zero-order chi connectivity index (χ0) is 9.00. The Kier molecular flexibility index (Phi) is 13.1. The molecule has 6 nitrogen and oxygen atoms in total. The molecule has 1 atom stereocenters. The Balaban J connectivity index is -0.000000107. The van der Waals surface area contributed by atoms with Crippen LogP contribution in [0.25, 0.3) is 0 Å². The first-order chi connectivity index (χ1) is 4.00. The Hall–Kier alpha value is 2.22. The van der Waals surface area contributed by atoms with Crippen LogP contribution < -0.4 is 51.4 Å². The maximum absolute atomic E-state index is 9.11. The van der Waals surface area contributed by atoms with Gasteiger partial charge in [0, 0.05) is 11.2 Å². The molecule has 3 N–H and O–H groups in total. The summed E-state index contributed by atoms with van der Waals surface area (Å²) in [5.41, 5.74) is 0. The summed E-state index contributed by atoms with van der Waals surface area (Å²) >= 11 is 6.82. The Labute approximate surface area is 116 Å². The van der Waals surface area contributed by atoms with Crippen molar-refractivity contribution in [3.8, 4) is 0 Å². The summed E-state index contributed by atoms with van der Waals surface area (Å²) in [6.45, 7) is 0.